The van der Waals surface area contributed by atoms with Gasteiger partial charge in [0.1, 0.15) is 17.3 Å². The molecule has 1 aromatic heterocycles. The number of methoxy groups -OCH3 is 2. The number of H-pyrrole nitrogens is 1. The molecule has 1 amide bonds. The summed E-state index contributed by atoms with van der Waals surface area (Å²) in [6, 6.07) is 19.0. The highest BCUT2D eigenvalue weighted by atomic mass is 19.1. The van der Waals surface area contributed by atoms with Crippen molar-refractivity contribution < 1.29 is 18.7 Å². The zero-order chi connectivity index (χ0) is 22.2. The van der Waals surface area contributed by atoms with Gasteiger partial charge in [0.25, 0.3) is 5.91 Å². The Morgan fingerprint density at radius 3 is 2.34 bits per heavy atom. The van der Waals surface area contributed by atoms with Crippen LogP contribution in [0, 0.1) is 5.82 Å². The van der Waals surface area contributed by atoms with Crippen molar-refractivity contribution in [3.63, 3.8) is 0 Å². The fraction of sp³-hybridized carbons (Fsp3) is 0.192. The number of fused-ring (bicyclic) bond motifs is 3. The highest BCUT2D eigenvalue weighted by molar-refractivity contribution is 5.96. The van der Waals surface area contributed by atoms with Crippen molar-refractivity contribution in [2.45, 2.75) is 12.5 Å². The highest BCUT2D eigenvalue weighted by Crippen LogP contribution is 2.40. The van der Waals surface area contributed by atoms with Crippen molar-refractivity contribution >= 4 is 16.8 Å². The fourth-order valence-corrected chi connectivity index (χ4v) is 4.50. The van der Waals surface area contributed by atoms with Crippen LogP contribution in [0.15, 0.2) is 66.7 Å². The van der Waals surface area contributed by atoms with E-state index in [0.717, 1.165) is 33.5 Å². The van der Waals surface area contributed by atoms with Crippen LogP contribution in [0.4, 0.5) is 4.39 Å². The van der Waals surface area contributed by atoms with Gasteiger partial charge < -0.3 is 19.4 Å². The van der Waals surface area contributed by atoms with E-state index in [2.05, 4.69) is 4.98 Å². The molecule has 6 heteroatoms. The first kappa shape index (κ1) is 20.1. The van der Waals surface area contributed by atoms with E-state index in [0.29, 0.717) is 24.3 Å². The van der Waals surface area contributed by atoms with E-state index in [1.165, 1.54) is 12.1 Å². The molecule has 1 N–H and O–H groups in total. The van der Waals surface area contributed by atoms with Gasteiger partial charge in [0, 0.05) is 28.7 Å². The average Bonchev–Trinajstić information content (AvgIpc) is 3.21. The van der Waals surface area contributed by atoms with E-state index in [4.69, 9.17) is 9.47 Å². The van der Waals surface area contributed by atoms with Gasteiger partial charge >= 0.3 is 0 Å². The van der Waals surface area contributed by atoms with Crippen molar-refractivity contribution in [3.05, 3.63) is 94.9 Å². The van der Waals surface area contributed by atoms with Gasteiger partial charge in [-0.25, -0.2) is 4.39 Å². The lowest BCUT2D eigenvalue weighted by atomic mass is 9.91. The maximum Gasteiger partial charge on any atom is 0.254 e. The van der Waals surface area contributed by atoms with Crippen LogP contribution >= 0.6 is 0 Å². The molecule has 32 heavy (non-hydrogen) atoms. The first-order valence-electron chi connectivity index (χ1n) is 10.5. The Morgan fingerprint density at radius 2 is 1.66 bits per heavy atom. The summed E-state index contributed by atoms with van der Waals surface area (Å²) >= 11 is 0. The van der Waals surface area contributed by atoms with Crippen LogP contribution in [0.25, 0.3) is 10.9 Å². The number of halogens is 1. The van der Waals surface area contributed by atoms with Crippen molar-refractivity contribution in [2.24, 2.45) is 0 Å². The van der Waals surface area contributed by atoms with Crippen molar-refractivity contribution in [3.8, 4) is 11.5 Å². The Balaban J connectivity index is 1.63. The predicted octanol–water partition coefficient (Wildman–Crippen LogP) is 5.11. The van der Waals surface area contributed by atoms with E-state index in [1.54, 1.807) is 50.6 Å². The lowest BCUT2D eigenvalue weighted by Gasteiger charge is -2.36. The molecule has 1 unspecified atom stereocenters. The molecular weight excluding hydrogens is 407 g/mol. The van der Waals surface area contributed by atoms with Crippen LogP contribution in [0.2, 0.25) is 0 Å². The van der Waals surface area contributed by atoms with E-state index in [9.17, 15) is 9.18 Å². The van der Waals surface area contributed by atoms with Crippen LogP contribution in [0.1, 0.15) is 33.2 Å². The summed E-state index contributed by atoms with van der Waals surface area (Å²) in [5, 5.41) is 1.09. The minimum Gasteiger partial charge on any atom is -0.497 e. The quantitative estimate of drug-likeness (QED) is 0.489. The van der Waals surface area contributed by atoms with Crippen LogP contribution in [-0.2, 0) is 6.42 Å². The van der Waals surface area contributed by atoms with E-state index < -0.39 is 0 Å². The summed E-state index contributed by atoms with van der Waals surface area (Å²) in [4.78, 5) is 18.9. The van der Waals surface area contributed by atoms with E-state index in [1.807, 2.05) is 23.1 Å². The SMILES string of the molecule is COc1ccc(C(=O)N2CCc3c([nH]c4ccc(OC)cc34)C2c2ccc(F)cc2)cc1. The molecule has 1 aliphatic rings. The molecule has 5 nitrogen and oxygen atoms in total. The maximum atomic E-state index is 13.7. The Kier molecular flexibility index (Phi) is 5.05. The number of ether oxygens (including phenoxy) is 2. The summed E-state index contributed by atoms with van der Waals surface area (Å²) < 4.78 is 24.3. The maximum absolute atomic E-state index is 13.7. The van der Waals surface area contributed by atoms with Gasteiger partial charge in [-0.1, -0.05) is 12.1 Å². The van der Waals surface area contributed by atoms with Gasteiger partial charge in [0.05, 0.1) is 20.3 Å². The summed E-state index contributed by atoms with van der Waals surface area (Å²) in [6.45, 7) is 0.546. The van der Waals surface area contributed by atoms with Crippen molar-refractivity contribution in [2.75, 3.05) is 20.8 Å². The molecule has 5 rings (SSSR count). The van der Waals surface area contributed by atoms with Crippen molar-refractivity contribution in [1.82, 2.24) is 9.88 Å². The first-order valence-corrected chi connectivity index (χ1v) is 10.5. The van der Waals surface area contributed by atoms with Gasteiger partial charge in [-0.15, -0.1) is 0 Å². The van der Waals surface area contributed by atoms with Crippen LogP contribution in [-0.4, -0.2) is 36.6 Å². The topological polar surface area (TPSA) is 54.6 Å². The molecule has 162 valence electrons. The Bertz CT molecular complexity index is 1280. The summed E-state index contributed by atoms with van der Waals surface area (Å²) in [5.74, 6) is 1.10. The molecule has 1 aliphatic heterocycles. The second kappa shape index (κ2) is 8.04. The van der Waals surface area contributed by atoms with Crippen LogP contribution in [0.5, 0.6) is 11.5 Å². The minimum atomic E-state index is -0.354. The largest absolute Gasteiger partial charge is 0.497 e. The molecule has 0 spiro atoms. The molecule has 0 saturated heterocycles. The molecule has 0 radical (unpaired) electrons. The number of aromatic amines is 1. The van der Waals surface area contributed by atoms with Crippen LogP contribution in [0.3, 0.4) is 0 Å². The number of nitrogens with zero attached hydrogens (tertiary/aromatic N) is 1. The molecule has 3 aromatic carbocycles. The second-order valence-corrected chi connectivity index (χ2v) is 7.86. The fourth-order valence-electron chi connectivity index (χ4n) is 4.50. The molecule has 0 fully saturated rings. The number of hydrogen-bond donors (Lipinski definition) is 1. The zero-order valence-corrected chi connectivity index (χ0v) is 17.9. The van der Waals surface area contributed by atoms with E-state index in [-0.39, 0.29) is 17.8 Å². The van der Waals surface area contributed by atoms with Crippen molar-refractivity contribution in [1.29, 1.82) is 0 Å². The monoisotopic (exact) mass is 430 g/mol. The Morgan fingerprint density at radius 1 is 0.969 bits per heavy atom. The molecule has 0 aliphatic carbocycles. The lowest BCUT2D eigenvalue weighted by molar-refractivity contribution is 0.0692. The number of amides is 1. The summed E-state index contributed by atoms with van der Waals surface area (Å²) in [5.41, 5.74) is 4.54. The molecule has 0 bridgehead atoms. The Labute approximate surface area is 185 Å². The first-order chi connectivity index (χ1) is 15.6. The second-order valence-electron chi connectivity index (χ2n) is 7.86. The molecule has 2 heterocycles. The number of benzene rings is 3. The molecular formula is C26H23FN2O3. The number of carbonyl (C=O) groups excluding carboxylic acids is 1. The lowest BCUT2D eigenvalue weighted by Crippen LogP contribution is -2.40. The number of carbonyl (C=O) groups is 1. The van der Waals surface area contributed by atoms with Crippen LogP contribution < -0.4 is 9.47 Å². The number of rotatable bonds is 4. The normalized spacial score (nSPS) is 15.5. The standard InChI is InChI=1S/C26H23FN2O3/c1-31-19-9-5-17(6-10-19)26(30)29-14-13-21-22-15-20(32-2)11-12-23(22)28-24(21)25(29)16-3-7-18(27)8-4-16/h3-12,15,25,28H,13-14H2,1-2H3. The van der Waals surface area contributed by atoms with Gasteiger partial charge in [-0.05, 0) is 72.1 Å². The van der Waals surface area contributed by atoms with Gasteiger partial charge in [-0.3, -0.25) is 4.79 Å². The number of hydrogen-bond acceptors (Lipinski definition) is 3. The minimum absolute atomic E-state index is 0.0798. The molecule has 4 aromatic rings. The number of nitrogens with one attached hydrogen (secondary N) is 1. The summed E-state index contributed by atoms with van der Waals surface area (Å²) in [7, 11) is 3.25. The van der Waals surface area contributed by atoms with Gasteiger partial charge in [-0.2, -0.15) is 0 Å². The van der Waals surface area contributed by atoms with Gasteiger partial charge in [0.2, 0.25) is 0 Å². The molecule has 1 atom stereocenters. The Hall–Kier alpha value is -3.80. The smallest absolute Gasteiger partial charge is 0.254 e. The third-order valence-corrected chi connectivity index (χ3v) is 6.12. The third-order valence-electron chi connectivity index (χ3n) is 6.12. The number of aromatic nitrogens is 1. The predicted molar refractivity (Wildman–Crippen MR) is 121 cm³/mol. The summed E-state index contributed by atoms with van der Waals surface area (Å²) in [6.07, 6.45) is 0.710. The zero-order valence-electron chi connectivity index (χ0n) is 17.9. The third kappa shape index (κ3) is 3.38. The molecule has 0 saturated carbocycles. The highest BCUT2D eigenvalue weighted by Gasteiger charge is 2.35. The van der Waals surface area contributed by atoms with Gasteiger partial charge in [0.15, 0.2) is 0 Å². The average molecular weight is 430 g/mol. The van der Waals surface area contributed by atoms with E-state index >= 15 is 0 Å².